The Labute approximate surface area is 102 Å². The lowest BCUT2D eigenvalue weighted by atomic mass is 9.65. The smallest absolute Gasteiger partial charge is 0.337 e. The van der Waals surface area contributed by atoms with Crippen LogP contribution in [0.25, 0.3) is 0 Å². The summed E-state index contributed by atoms with van der Waals surface area (Å²) in [4.78, 5) is 11.5. The number of hydrogen-bond donors (Lipinski definition) is 1. The molecular weight excluding hydrogens is 216 g/mol. The predicted molar refractivity (Wildman–Crippen MR) is 65.4 cm³/mol. The fourth-order valence-electron chi connectivity index (χ4n) is 3.31. The van der Waals surface area contributed by atoms with Gasteiger partial charge < -0.3 is 9.84 Å². The van der Waals surface area contributed by atoms with Crippen LogP contribution in [0.4, 0.5) is 0 Å². The summed E-state index contributed by atoms with van der Waals surface area (Å²) in [5.41, 5.74) is 0.485. The predicted octanol–water partition coefficient (Wildman–Crippen LogP) is 2.98. The van der Waals surface area contributed by atoms with Gasteiger partial charge in [-0.1, -0.05) is 12.5 Å². The van der Waals surface area contributed by atoms with Crippen molar-refractivity contribution in [1.82, 2.24) is 0 Å². The Kier molecular flexibility index (Phi) is 3.55. The first-order chi connectivity index (χ1) is 8.17. The van der Waals surface area contributed by atoms with Gasteiger partial charge in [-0.05, 0) is 37.0 Å². The Morgan fingerprint density at radius 1 is 1.47 bits per heavy atom. The molecule has 0 aromatic heterocycles. The maximum Gasteiger partial charge on any atom is 0.337 e. The SMILES string of the molecule is C=C[C@H]1CCCC2CC(C(=O)OC)=C(O)CC21. The number of allylic oxidation sites excluding steroid dienone is 2. The van der Waals surface area contributed by atoms with E-state index < -0.39 is 0 Å². The van der Waals surface area contributed by atoms with Crippen molar-refractivity contribution >= 4 is 5.97 Å². The molecule has 0 amide bonds. The van der Waals surface area contributed by atoms with Gasteiger partial charge in [0.2, 0.25) is 0 Å². The van der Waals surface area contributed by atoms with Gasteiger partial charge in [0.25, 0.3) is 0 Å². The minimum atomic E-state index is -0.373. The zero-order valence-corrected chi connectivity index (χ0v) is 10.3. The van der Waals surface area contributed by atoms with Crippen molar-refractivity contribution in [2.24, 2.45) is 17.8 Å². The van der Waals surface area contributed by atoms with Crippen LogP contribution in [0.5, 0.6) is 0 Å². The second kappa shape index (κ2) is 4.94. The number of rotatable bonds is 2. The van der Waals surface area contributed by atoms with E-state index in [2.05, 4.69) is 6.58 Å². The maximum absolute atomic E-state index is 11.5. The van der Waals surface area contributed by atoms with E-state index >= 15 is 0 Å². The van der Waals surface area contributed by atoms with Gasteiger partial charge in [0.1, 0.15) is 5.76 Å². The molecule has 2 rings (SSSR count). The average Bonchev–Trinajstić information content (AvgIpc) is 2.36. The van der Waals surface area contributed by atoms with Gasteiger partial charge in [-0.15, -0.1) is 6.58 Å². The summed E-state index contributed by atoms with van der Waals surface area (Å²) in [6, 6.07) is 0. The quantitative estimate of drug-likeness (QED) is 0.592. The number of ether oxygens (including phenoxy) is 1. The van der Waals surface area contributed by atoms with E-state index in [1.54, 1.807) is 0 Å². The highest BCUT2D eigenvalue weighted by Crippen LogP contribution is 2.45. The summed E-state index contributed by atoms with van der Waals surface area (Å²) in [6.45, 7) is 3.88. The van der Waals surface area contributed by atoms with E-state index in [0.717, 1.165) is 12.8 Å². The van der Waals surface area contributed by atoms with E-state index in [1.807, 2.05) is 6.08 Å². The molecule has 0 aromatic rings. The van der Waals surface area contributed by atoms with Crippen molar-refractivity contribution in [2.75, 3.05) is 7.11 Å². The molecule has 2 aliphatic carbocycles. The monoisotopic (exact) mass is 236 g/mol. The largest absolute Gasteiger partial charge is 0.512 e. The topological polar surface area (TPSA) is 46.5 Å². The second-order valence-electron chi connectivity index (χ2n) is 5.08. The third-order valence-electron chi connectivity index (χ3n) is 4.25. The van der Waals surface area contributed by atoms with Crippen molar-refractivity contribution in [1.29, 1.82) is 0 Å². The Morgan fingerprint density at radius 3 is 2.88 bits per heavy atom. The van der Waals surface area contributed by atoms with Crippen LogP contribution >= 0.6 is 0 Å². The fraction of sp³-hybridized carbons (Fsp3) is 0.643. The molecule has 1 saturated carbocycles. The molecular formula is C14H20O3. The Balaban J connectivity index is 2.20. The van der Waals surface area contributed by atoms with Crippen molar-refractivity contribution in [3.63, 3.8) is 0 Å². The zero-order chi connectivity index (χ0) is 12.4. The molecule has 0 saturated heterocycles. The molecule has 2 unspecified atom stereocenters. The molecule has 1 N–H and O–H groups in total. The summed E-state index contributed by atoms with van der Waals surface area (Å²) in [5.74, 6) is 1.29. The first-order valence-corrected chi connectivity index (χ1v) is 6.29. The molecule has 0 spiro atoms. The number of methoxy groups -OCH3 is 1. The second-order valence-corrected chi connectivity index (χ2v) is 5.08. The highest BCUT2D eigenvalue weighted by Gasteiger charge is 2.38. The molecule has 94 valence electrons. The summed E-state index contributed by atoms with van der Waals surface area (Å²) in [6.07, 6.45) is 6.76. The first-order valence-electron chi connectivity index (χ1n) is 6.29. The minimum Gasteiger partial charge on any atom is -0.512 e. The molecule has 1 fully saturated rings. The van der Waals surface area contributed by atoms with Gasteiger partial charge in [0, 0.05) is 6.42 Å². The maximum atomic E-state index is 11.5. The number of aliphatic hydroxyl groups is 1. The van der Waals surface area contributed by atoms with Crippen molar-refractivity contribution in [3.05, 3.63) is 24.0 Å². The molecule has 3 nitrogen and oxygen atoms in total. The van der Waals surface area contributed by atoms with Gasteiger partial charge in [-0.2, -0.15) is 0 Å². The van der Waals surface area contributed by atoms with E-state index in [9.17, 15) is 9.90 Å². The van der Waals surface area contributed by atoms with Gasteiger partial charge in [-0.25, -0.2) is 4.79 Å². The summed E-state index contributed by atoms with van der Waals surface area (Å²) >= 11 is 0. The van der Waals surface area contributed by atoms with Gasteiger partial charge >= 0.3 is 5.97 Å². The van der Waals surface area contributed by atoms with Crippen LogP contribution in [0, 0.1) is 17.8 Å². The van der Waals surface area contributed by atoms with E-state index in [-0.39, 0.29) is 11.7 Å². The zero-order valence-electron chi connectivity index (χ0n) is 10.3. The highest BCUT2D eigenvalue weighted by atomic mass is 16.5. The highest BCUT2D eigenvalue weighted by molar-refractivity contribution is 5.89. The lowest BCUT2D eigenvalue weighted by Gasteiger charge is -2.40. The van der Waals surface area contributed by atoms with Crippen molar-refractivity contribution in [2.45, 2.75) is 32.1 Å². The number of aliphatic hydroxyl groups excluding tert-OH is 1. The van der Waals surface area contributed by atoms with Gasteiger partial charge in [0.15, 0.2) is 0 Å². The minimum absolute atomic E-state index is 0.229. The number of carbonyl (C=O) groups excluding carboxylic acids is 1. The molecule has 0 bridgehead atoms. The van der Waals surface area contributed by atoms with Crippen molar-refractivity contribution in [3.8, 4) is 0 Å². The third kappa shape index (κ3) is 2.24. The molecule has 17 heavy (non-hydrogen) atoms. The van der Waals surface area contributed by atoms with Crippen LogP contribution in [0.3, 0.4) is 0 Å². The Morgan fingerprint density at radius 2 is 2.24 bits per heavy atom. The number of carbonyl (C=O) groups is 1. The molecule has 0 heterocycles. The Bertz CT molecular complexity index is 356. The first kappa shape index (κ1) is 12.2. The number of hydrogen-bond acceptors (Lipinski definition) is 3. The molecule has 3 heteroatoms. The van der Waals surface area contributed by atoms with E-state index in [4.69, 9.17) is 4.74 Å². The average molecular weight is 236 g/mol. The van der Waals surface area contributed by atoms with Crippen LogP contribution in [-0.4, -0.2) is 18.2 Å². The molecule has 0 radical (unpaired) electrons. The van der Waals surface area contributed by atoms with Crippen LogP contribution in [-0.2, 0) is 9.53 Å². The van der Waals surface area contributed by atoms with Crippen molar-refractivity contribution < 1.29 is 14.6 Å². The van der Waals surface area contributed by atoms with Crippen LogP contribution in [0.2, 0.25) is 0 Å². The summed E-state index contributed by atoms with van der Waals surface area (Å²) < 4.78 is 4.72. The molecule has 0 aromatic carbocycles. The Hall–Kier alpha value is -1.25. The summed E-state index contributed by atoms with van der Waals surface area (Å²) in [7, 11) is 1.36. The summed E-state index contributed by atoms with van der Waals surface area (Å²) in [5, 5.41) is 9.97. The van der Waals surface area contributed by atoms with Crippen LogP contribution < -0.4 is 0 Å². The number of esters is 1. The van der Waals surface area contributed by atoms with Gasteiger partial charge in [-0.3, -0.25) is 0 Å². The van der Waals surface area contributed by atoms with E-state index in [0.29, 0.717) is 36.2 Å². The molecule has 2 aliphatic rings. The third-order valence-corrected chi connectivity index (χ3v) is 4.25. The van der Waals surface area contributed by atoms with Crippen LogP contribution in [0.1, 0.15) is 32.1 Å². The van der Waals surface area contributed by atoms with E-state index in [1.165, 1.54) is 13.5 Å². The lowest BCUT2D eigenvalue weighted by Crippen LogP contribution is -2.32. The molecule has 0 aliphatic heterocycles. The van der Waals surface area contributed by atoms with Gasteiger partial charge in [0.05, 0.1) is 12.7 Å². The fourth-order valence-corrected chi connectivity index (χ4v) is 3.31. The standard InChI is InChI=1S/C14H20O3/c1-3-9-5-4-6-10-7-12(14(16)17-2)13(15)8-11(9)10/h3,9-11,15H,1,4-8H2,2H3/t9-,10?,11?/m0/s1. The van der Waals surface area contributed by atoms with Crippen LogP contribution in [0.15, 0.2) is 24.0 Å². The normalized spacial score (nSPS) is 32.9. The lowest BCUT2D eigenvalue weighted by molar-refractivity contribution is -0.137. The molecule has 3 atom stereocenters. The number of fused-ring (bicyclic) bond motifs is 1.